The zero-order valence-electron chi connectivity index (χ0n) is 23.8. The second-order valence-corrected chi connectivity index (χ2v) is 11.2. The minimum absolute atomic E-state index is 0.852. The highest BCUT2D eigenvalue weighted by Crippen LogP contribution is 2.40. The maximum absolute atomic E-state index is 6.57. The molecule has 206 valence electrons. The number of hydrogen-bond donors (Lipinski definition) is 0. The van der Waals surface area contributed by atoms with Crippen LogP contribution in [0.15, 0.2) is 162 Å². The molecular weight excluding hydrogens is 536 g/mol. The zero-order valence-corrected chi connectivity index (χ0v) is 23.8. The van der Waals surface area contributed by atoms with Crippen LogP contribution < -0.4 is 0 Å². The molecule has 44 heavy (non-hydrogen) atoms. The van der Waals surface area contributed by atoms with Crippen molar-refractivity contribution in [3.63, 3.8) is 0 Å². The summed E-state index contributed by atoms with van der Waals surface area (Å²) in [5.41, 5.74) is 11.4. The Labute approximate surface area is 254 Å². The fourth-order valence-corrected chi connectivity index (χ4v) is 6.59. The highest BCUT2D eigenvalue weighted by Gasteiger charge is 2.18. The van der Waals surface area contributed by atoms with Crippen molar-refractivity contribution < 1.29 is 4.42 Å². The first-order valence-electron chi connectivity index (χ1n) is 14.9. The quantitative estimate of drug-likeness (QED) is 0.214. The molecule has 3 aromatic heterocycles. The average molecular weight is 563 g/mol. The van der Waals surface area contributed by atoms with Gasteiger partial charge in [0.25, 0.3) is 0 Å². The summed E-state index contributed by atoms with van der Waals surface area (Å²) >= 11 is 0. The molecule has 0 atom stereocenters. The van der Waals surface area contributed by atoms with Gasteiger partial charge in [-0.25, -0.2) is 4.98 Å². The van der Waals surface area contributed by atoms with E-state index in [0.717, 1.165) is 61.3 Å². The lowest BCUT2D eigenvalue weighted by atomic mass is 9.98. The first kappa shape index (κ1) is 24.6. The Bertz CT molecular complexity index is 2380. The topological polar surface area (TPSA) is 31.0 Å². The van der Waals surface area contributed by atoms with E-state index in [1.54, 1.807) is 0 Å². The molecule has 0 saturated heterocycles. The SMILES string of the molecule is c1ccc(-c2cc(-c3ccccc3)nc(-c3cccc4oc5cc(-n6c7ccccc7c7ccccc76)ccc5c34)c2)cc1. The molecule has 3 nitrogen and oxygen atoms in total. The van der Waals surface area contributed by atoms with Crippen LogP contribution in [0.4, 0.5) is 0 Å². The Hall–Kier alpha value is -5.93. The van der Waals surface area contributed by atoms with E-state index in [4.69, 9.17) is 9.40 Å². The third kappa shape index (κ3) is 3.87. The van der Waals surface area contributed by atoms with Gasteiger partial charge in [0.15, 0.2) is 0 Å². The molecule has 0 radical (unpaired) electrons. The first-order chi connectivity index (χ1) is 21.8. The summed E-state index contributed by atoms with van der Waals surface area (Å²) in [5.74, 6) is 0. The summed E-state index contributed by atoms with van der Waals surface area (Å²) < 4.78 is 8.89. The number of rotatable bonds is 4. The Morgan fingerprint density at radius 2 is 1.07 bits per heavy atom. The smallest absolute Gasteiger partial charge is 0.137 e. The van der Waals surface area contributed by atoms with E-state index >= 15 is 0 Å². The Morgan fingerprint density at radius 3 is 1.80 bits per heavy atom. The van der Waals surface area contributed by atoms with Gasteiger partial charge in [-0.3, -0.25) is 0 Å². The lowest BCUT2D eigenvalue weighted by Gasteiger charge is -2.11. The number of furan rings is 1. The third-order valence-electron chi connectivity index (χ3n) is 8.60. The average Bonchev–Trinajstić information content (AvgIpc) is 3.64. The predicted molar refractivity (Wildman–Crippen MR) is 182 cm³/mol. The van der Waals surface area contributed by atoms with Crippen molar-refractivity contribution >= 4 is 43.7 Å². The fourth-order valence-electron chi connectivity index (χ4n) is 6.59. The van der Waals surface area contributed by atoms with Gasteiger partial charge >= 0.3 is 0 Å². The lowest BCUT2D eigenvalue weighted by molar-refractivity contribution is 0.668. The highest BCUT2D eigenvalue weighted by atomic mass is 16.3. The molecule has 0 spiro atoms. The third-order valence-corrected chi connectivity index (χ3v) is 8.60. The van der Waals surface area contributed by atoms with Crippen LogP contribution in [-0.2, 0) is 0 Å². The van der Waals surface area contributed by atoms with E-state index in [0.29, 0.717) is 0 Å². The van der Waals surface area contributed by atoms with Gasteiger partial charge in [-0.2, -0.15) is 0 Å². The summed E-state index contributed by atoms with van der Waals surface area (Å²) in [7, 11) is 0. The molecule has 0 aliphatic heterocycles. The van der Waals surface area contributed by atoms with E-state index in [9.17, 15) is 0 Å². The summed E-state index contributed by atoms with van der Waals surface area (Å²) in [6.45, 7) is 0. The van der Waals surface area contributed by atoms with E-state index in [1.165, 1.54) is 21.8 Å². The molecule has 0 aliphatic rings. The largest absolute Gasteiger partial charge is 0.456 e. The van der Waals surface area contributed by atoms with Crippen molar-refractivity contribution in [3.05, 3.63) is 158 Å². The van der Waals surface area contributed by atoms with E-state index in [2.05, 4.69) is 156 Å². The predicted octanol–water partition coefficient (Wildman–Crippen LogP) is 11.1. The van der Waals surface area contributed by atoms with E-state index in [1.807, 2.05) is 6.07 Å². The second kappa shape index (κ2) is 9.82. The molecule has 3 heterocycles. The van der Waals surface area contributed by atoms with Crippen LogP contribution in [0.3, 0.4) is 0 Å². The van der Waals surface area contributed by atoms with Gasteiger partial charge in [-0.05, 0) is 53.6 Å². The number of pyridine rings is 1. The fraction of sp³-hybridized carbons (Fsp3) is 0. The number of aromatic nitrogens is 2. The first-order valence-corrected chi connectivity index (χ1v) is 14.9. The monoisotopic (exact) mass is 562 g/mol. The molecule has 9 rings (SSSR count). The van der Waals surface area contributed by atoms with Crippen molar-refractivity contribution in [2.24, 2.45) is 0 Å². The summed E-state index contributed by atoms with van der Waals surface area (Å²) in [4.78, 5) is 5.22. The molecule has 6 aromatic carbocycles. The maximum Gasteiger partial charge on any atom is 0.137 e. The molecule has 0 aliphatic carbocycles. The van der Waals surface area contributed by atoms with Crippen LogP contribution >= 0.6 is 0 Å². The molecule has 0 fully saturated rings. The molecule has 0 unspecified atom stereocenters. The summed E-state index contributed by atoms with van der Waals surface area (Å²) in [6.07, 6.45) is 0. The normalized spacial score (nSPS) is 11.6. The zero-order chi connectivity index (χ0) is 29.0. The molecule has 0 saturated carbocycles. The lowest BCUT2D eigenvalue weighted by Crippen LogP contribution is -1.93. The number of para-hydroxylation sites is 2. The Morgan fingerprint density at radius 1 is 0.432 bits per heavy atom. The second-order valence-electron chi connectivity index (χ2n) is 11.2. The highest BCUT2D eigenvalue weighted by molar-refractivity contribution is 6.13. The number of nitrogens with zero attached hydrogens (tertiary/aromatic N) is 2. The van der Waals surface area contributed by atoms with E-state index in [-0.39, 0.29) is 0 Å². The molecule has 0 N–H and O–H groups in total. The van der Waals surface area contributed by atoms with Gasteiger partial charge in [0.2, 0.25) is 0 Å². The molecule has 9 aromatic rings. The Balaban J connectivity index is 1.26. The van der Waals surface area contributed by atoms with Gasteiger partial charge in [0.05, 0.1) is 22.4 Å². The van der Waals surface area contributed by atoms with Crippen LogP contribution in [0.1, 0.15) is 0 Å². The van der Waals surface area contributed by atoms with Gasteiger partial charge in [-0.1, -0.05) is 109 Å². The van der Waals surface area contributed by atoms with Crippen molar-refractivity contribution in [1.29, 1.82) is 0 Å². The van der Waals surface area contributed by atoms with Crippen LogP contribution in [0, 0.1) is 0 Å². The summed E-state index contributed by atoms with van der Waals surface area (Å²) in [5, 5.41) is 4.64. The van der Waals surface area contributed by atoms with Crippen LogP contribution in [0.25, 0.3) is 83.1 Å². The van der Waals surface area contributed by atoms with Crippen molar-refractivity contribution in [2.45, 2.75) is 0 Å². The minimum Gasteiger partial charge on any atom is -0.456 e. The number of hydrogen-bond acceptors (Lipinski definition) is 2. The molecule has 3 heteroatoms. The molecular formula is C41H26N2O. The van der Waals surface area contributed by atoms with Crippen molar-refractivity contribution in [2.75, 3.05) is 0 Å². The van der Waals surface area contributed by atoms with Crippen LogP contribution in [0.5, 0.6) is 0 Å². The number of fused-ring (bicyclic) bond motifs is 6. The van der Waals surface area contributed by atoms with Gasteiger partial charge in [-0.15, -0.1) is 0 Å². The summed E-state index contributed by atoms with van der Waals surface area (Å²) in [6, 6.07) is 55.3. The van der Waals surface area contributed by atoms with Crippen molar-refractivity contribution in [3.8, 4) is 39.3 Å². The van der Waals surface area contributed by atoms with Crippen LogP contribution in [-0.4, -0.2) is 9.55 Å². The minimum atomic E-state index is 0.852. The van der Waals surface area contributed by atoms with Gasteiger partial charge < -0.3 is 8.98 Å². The van der Waals surface area contributed by atoms with Crippen molar-refractivity contribution in [1.82, 2.24) is 9.55 Å². The number of benzene rings is 6. The van der Waals surface area contributed by atoms with Gasteiger partial charge in [0.1, 0.15) is 11.2 Å². The van der Waals surface area contributed by atoms with Crippen LogP contribution in [0.2, 0.25) is 0 Å². The maximum atomic E-state index is 6.57. The van der Waals surface area contributed by atoms with E-state index < -0.39 is 0 Å². The molecule has 0 amide bonds. The van der Waals surface area contributed by atoms with Gasteiger partial charge in [0, 0.05) is 44.4 Å². The Kier molecular flexibility index (Phi) is 5.50. The standard InChI is InChI=1S/C41H26N2O/c1-3-12-27(13-4-1)29-24-35(28-14-5-2-6-15-28)42-36(25-29)33-18-11-21-39-41(33)34-23-22-30(26-40(34)44-39)43-37-19-9-7-16-31(37)32-17-8-10-20-38(32)43/h1-26H. The molecule has 0 bridgehead atoms.